The number of sulfonamides is 1. The molecule has 2 heterocycles. The highest BCUT2D eigenvalue weighted by Crippen LogP contribution is 2.07. The van der Waals surface area contributed by atoms with Gasteiger partial charge in [-0.3, -0.25) is 4.90 Å². The number of nitrogens with zero attached hydrogens (tertiary/aromatic N) is 3. The van der Waals surface area contributed by atoms with Crippen LogP contribution in [0.4, 0.5) is 4.79 Å². The summed E-state index contributed by atoms with van der Waals surface area (Å²) in [6.07, 6.45) is 1.20. The van der Waals surface area contributed by atoms with Crippen LogP contribution in [0.3, 0.4) is 0 Å². The van der Waals surface area contributed by atoms with Gasteiger partial charge in [0.2, 0.25) is 10.0 Å². The van der Waals surface area contributed by atoms with E-state index >= 15 is 0 Å². The number of hydrogen-bond acceptors (Lipinski definition) is 5. The Morgan fingerprint density at radius 2 is 1.73 bits per heavy atom. The molecule has 0 radical (unpaired) electrons. The molecule has 9 heteroatoms. The maximum absolute atomic E-state index is 12.1. The van der Waals surface area contributed by atoms with Crippen LogP contribution >= 0.6 is 0 Å². The van der Waals surface area contributed by atoms with E-state index in [-0.39, 0.29) is 12.1 Å². The third-order valence-corrected chi connectivity index (χ3v) is 5.52. The van der Waals surface area contributed by atoms with E-state index in [1.54, 1.807) is 4.90 Å². The van der Waals surface area contributed by atoms with Gasteiger partial charge in [0.05, 0.1) is 19.5 Å². The Bertz CT molecular complexity index is 470. The van der Waals surface area contributed by atoms with Crippen molar-refractivity contribution < 1.29 is 17.9 Å². The highest BCUT2D eigenvalue weighted by atomic mass is 32.2. The first kappa shape index (κ1) is 17.5. The molecule has 0 aromatic carbocycles. The van der Waals surface area contributed by atoms with Crippen LogP contribution in [0, 0.1) is 0 Å². The standard InChI is InChI=1S/C13H26N4O4S/c1-12(15-7-9-21-10-8-15)11-14-13(18)16-3-5-17(6-4-16)22(2,19)20/h12H,3-11H2,1-2H3,(H,14,18)/t12-/m1/s1. The predicted octanol–water partition coefficient (Wildman–Crippen LogP) is -1.01. The highest BCUT2D eigenvalue weighted by molar-refractivity contribution is 7.88. The minimum absolute atomic E-state index is 0.117. The van der Waals surface area contributed by atoms with Gasteiger partial charge in [-0.2, -0.15) is 4.31 Å². The van der Waals surface area contributed by atoms with Crippen LogP contribution in [0.15, 0.2) is 0 Å². The molecule has 2 rings (SSSR count). The fraction of sp³-hybridized carbons (Fsp3) is 0.923. The third kappa shape index (κ3) is 4.80. The summed E-state index contributed by atoms with van der Waals surface area (Å²) in [5.74, 6) is 0. The van der Waals surface area contributed by atoms with E-state index in [0.29, 0.717) is 32.7 Å². The molecule has 1 N–H and O–H groups in total. The number of piperazine rings is 1. The summed E-state index contributed by atoms with van der Waals surface area (Å²) in [6.45, 7) is 7.55. The summed E-state index contributed by atoms with van der Waals surface area (Å²) in [6, 6.07) is 0.151. The average molecular weight is 334 g/mol. The summed E-state index contributed by atoms with van der Waals surface area (Å²) in [4.78, 5) is 16.1. The maximum atomic E-state index is 12.1. The molecule has 0 aromatic heterocycles. The first-order chi connectivity index (χ1) is 10.4. The van der Waals surface area contributed by atoms with Crippen molar-refractivity contribution in [1.29, 1.82) is 0 Å². The zero-order valence-electron chi connectivity index (χ0n) is 13.3. The number of morpholine rings is 1. The van der Waals surface area contributed by atoms with Crippen LogP contribution in [0.5, 0.6) is 0 Å². The van der Waals surface area contributed by atoms with Gasteiger partial charge in [0.15, 0.2) is 0 Å². The average Bonchev–Trinajstić information content (AvgIpc) is 2.52. The van der Waals surface area contributed by atoms with Crippen molar-refractivity contribution in [3.8, 4) is 0 Å². The minimum atomic E-state index is -3.16. The van der Waals surface area contributed by atoms with E-state index in [1.807, 2.05) is 0 Å². The lowest BCUT2D eigenvalue weighted by molar-refractivity contribution is 0.0206. The van der Waals surface area contributed by atoms with E-state index in [1.165, 1.54) is 10.6 Å². The molecule has 128 valence electrons. The normalized spacial score (nSPS) is 23.3. The largest absolute Gasteiger partial charge is 0.379 e. The summed E-state index contributed by atoms with van der Waals surface area (Å²) in [5.41, 5.74) is 0. The van der Waals surface area contributed by atoms with Crippen molar-refractivity contribution in [1.82, 2.24) is 19.4 Å². The molecule has 2 amide bonds. The van der Waals surface area contributed by atoms with Crippen molar-refractivity contribution in [3.05, 3.63) is 0 Å². The lowest BCUT2D eigenvalue weighted by Gasteiger charge is -2.35. The Morgan fingerprint density at radius 1 is 1.14 bits per heavy atom. The highest BCUT2D eigenvalue weighted by Gasteiger charge is 2.26. The summed E-state index contributed by atoms with van der Waals surface area (Å²) < 4.78 is 29.6. The summed E-state index contributed by atoms with van der Waals surface area (Å²) in [5, 5.41) is 2.94. The second-order valence-electron chi connectivity index (χ2n) is 5.83. The van der Waals surface area contributed by atoms with Crippen molar-refractivity contribution in [2.24, 2.45) is 0 Å². The van der Waals surface area contributed by atoms with Gasteiger partial charge in [-0.25, -0.2) is 13.2 Å². The number of carbonyl (C=O) groups excluding carboxylic acids is 1. The molecule has 0 spiro atoms. The van der Waals surface area contributed by atoms with E-state index in [0.717, 1.165) is 26.3 Å². The minimum Gasteiger partial charge on any atom is -0.379 e. The molecule has 1 atom stereocenters. The molecule has 2 saturated heterocycles. The molecular formula is C13H26N4O4S. The van der Waals surface area contributed by atoms with Gasteiger partial charge in [-0.1, -0.05) is 0 Å². The molecule has 0 saturated carbocycles. The predicted molar refractivity (Wildman–Crippen MR) is 83.2 cm³/mol. The van der Waals surface area contributed by atoms with Crippen LogP contribution in [0.1, 0.15) is 6.92 Å². The quantitative estimate of drug-likeness (QED) is 0.713. The van der Waals surface area contributed by atoms with Gasteiger partial charge in [-0.05, 0) is 6.92 Å². The van der Waals surface area contributed by atoms with Gasteiger partial charge >= 0.3 is 6.03 Å². The van der Waals surface area contributed by atoms with Crippen LogP contribution in [0.2, 0.25) is 0 Å². The number of urea groups is 1. The van der Waals surface area contributed by atoms with Crippen molar-refractivity contribution in [2.45, 2.75) is 13.0 Å². The molecule has 2 aliphatic heterocycles. The Kier molecular flexibility index (Phi) is 6.01. The van der Waals surface area contributed by atoms with Gasteiger partial charge in [0, 0.05) is 51.9 Å². The first-order valence-corrected chi connectivity index (χ1v) is 9.52. The maximum Gasteiger partial charge on any atom is 0.317 e. The van der Waals surface area contributed by atoms with Gasteiger partial charge in [0.25, 0.3) is 0 Å². The van der Waals surface area contributed by atoms with Crippen LogP contribution in [-0.2, 0) is 14.8 Å². The fourth-order valence-electron chi connectivity index (χ4n) is 2.72. The second-order valence-corrected chi connectivity index (χ2v) is 7.81. The van der Waals surface area contributed by atoms with Crippen molar-refractivity contribution in [2.75, 3.05) is 65.3 Å². The van der Waals surface area contributed by atoms with Crippen LogP contribution in [0.25, 0.3) is 0 Å². The SMILES string of the molecule is C[C@H](CNC(=O)N1CCN(S(C)(=O)=O)CC1)N1CCOCC1. The third-order valence-electron chi connectivity index (χ3n) is 4.21. The van der Waals surface area contributed by atoms with Gasteiger partial charge in [-0.15, -0.1) is 0 Å². The Labute approximate surface area is 132 Å². The second kappa shape index (κ2) is 7.58. The molecule has 2 fully saturated rings. The van der Waals surface area contributed by atoms with E-state index < -0.39 is 10.0 Å². The molecule has 0 bridgehead atoms. The number of nitrogens with one attached hydrogen (secondary N) is 1. The summed E-state index contributed by atoms with van der Waals surface area (Å²) in [7, 11) is -3.16. The lowest BCUT2D eigenvalue weighted by atomic mass is 10.2. The van der Waals surface area contributed by atoms with Gasteiger partial charge in [0.1, 0.15) is 0 Å². The van der Waals surface area contributed by atoms with Crippen LogP contribution < -0.4 is 5.32 Å². The number of amides is 2. The zero-order chi connectivity index (χ0) is 16.2. The molecule has 0 aromatic rings. The van der Waals surface area contributed by atoms with E-state index in [2.05, 4.69) is 17.1 Å². The van der Waals surface area contributed by atoms with Crippen molar-refractivity contribution in [3.63, 3.8) is 0 Å². The smallest absolute Gasteiger partial charge is 0.317 e. The molecule has 0 unspecified atom stereocenters. The molecule has 0 aliphatic carbocycles. The Morgan fingerprint density at radius 3 is 2.27 bits per heavy atom. The van der Waals surface area contributed by atoms with Crippen LogP contribution in [-0.4, -0.2) is 99.9 Å². The molecule has 8 nitrogen and oxygen atoms in total. The number of ether oxygens (including phenoxy) is 1. The van der Waals surface area contributed by atoms with Crippen molar-refractivity contribution >= 4 is 16.1 Å². The number of rotatable bonds is 4. The zero-order valence-corrected chi connectivity index (χ0v) is 14.1. The number of carbonyl (C=O) groups is 1. The molecule has 2 aliphatic rings. The topological polar surface area (TPSA) is 82.2 Å². The van der Waals surface area contributed by atoms with E-state index in [9.17, 15) is 13.2 Å². The first-order valence-electron chi connectivity index (χ1n) is 7.67. The Hall–Kier alpha value is -0.900. The fourth-order valence-corrected chi connectivity index (χ4v) is 3.54. The molecule has 22 heavy (non-hydrogen) atoms. The summed E-state index contributed by atoms with van der Waals surface area (Å²) >= 11 is 0. The lowest BCUT2D eigenvalue weighted by Crippen LogP contribution is -2.54. The number of hydrogen-bond donors (Lipinski definition) is 1. The van der Waals surface area contributed by atoms with Gasteiger partial charge < -0.3 is 15.0 Å². The molecular weight excluding hydrogens is 308 g/mol. The van der Waals surface area contributed by atoms with E-state index in [4.69, 9.17) is 4.74 Å². The monoisotopic (exact) mass is 334 g/mol. The Balaban J connectivity index is 1.72.